The van der Waals surface area contributed by atoms with Gasteiger partial charge >= 0.3 is 5.97 Å². The lowest BCUT2D eigenvalue weighted by Gasteiger charge is -2.07. The second kappa shape index (κ2) is 8.12. The Morgan fingerprint density at radius 2 is 2.04 bits per heavy atom. The number of esters is 1. The molecule has 2 aromatic carbocycles. The van der Waals surface area contributed by atoms with Crippen LogP contribution in [0.1, 0.15) is 11.4 Å². The molecule has 1 heterocycles. The topological polar surface area (TPSA) is 99.0 Å². The summed E-state index contributed by atoms with van der Waals surface area (Å²) in [5, 5.41) is 20.3. The number of nitriles is 1. The number of aliphatic hydroxyl groups is 1. The fraction of sp³-hybridized carbons (Fsp3) is 0.105. The van der Waals surface area contributed by atoms with Crippen LogP contribution in [-0.2, 0) is 16.0 Å². The monoisotopic (exact) mass is 401 g/mol. The summed E-state index contributed by atoms with van der Waals surface area (Å²) in [6.45, 7) is -0.454. The molecule has 27 heavy (non-hydrogen) atoms. The standard InChI is InChI=1S/C19H13Cl2N3O3/c20-12-6-5-11(14(21)8-12)7-18(26)27-10-17(25)13(9-22)19-23-15-3-1-2-4-16(15)24-19/h1-6,8,25H,7,10H2,(H,23,24)/b17-13-. The van der Waals surface area contributed by atoms with Gasteiger partial charge in [0.05, 0.1) is 17.5 Å². The van der Waals surface area contributed by atoms with Crippen molar-refractivity contribution in [3.63, 3.8) is 0 Å². The summed E-state index contributed by atoms with van der Waals surface area (Å²) in [7, 11) is 0. The molecule has 3 rings (SSSR count). The predicted molar refractivity (Wildman–Crippen MR) is 102 cm³/mol. The normalized spacial score (nSPS) is 11.7. The van der Waals surface area contributed by atoms with Gasteiger partial charge in [-0.15, -0.1) is 0 Å². The third kappa shape index (κ3) is 4.40. The highest BCUT2D eigenvalue weighted by atomic mass is 35.5. The van der Waals surface area contributed by atoms with Gasteiger partial charge in [0.25, 0.3) is 0 Å². The Hall–Kier alpha value is -3.01. The van der Waals surface area contributed by atoms with E-state index in [0.717, 1.165) is 5.52 Å². The predicted octanol–water partition coefficient (Wildman–Crippen LogP) is 4.45. The van der Waals surface area contributed by atoms with E-state index in [1.165, 1.54) is 6.07 Å². The number of imidazole rings is 1. The van der Waals surface area contributed by atoms with E-state index in [1.54, 1.807) is 24.3 Å². The van der Waals surface area contributed by atoms with Crippen LogP contribution >= 0.6 is 23.2 Å². The number of H-pyrrole nitrogens is 1. The van der Waals surface area contributed by atoms with Gasteiger partial charge in [-0.1, -0.05) is 41.4 Å². The van der Waals surface area contributed by atoms with Gasteiger partial charge in [0.1, 0.15) is 18.2 Å². The van der Waals surface area contributed by atoms with Gasteiger partial charge in [-0.3, -0.25) is 4.79 Å². The van der Waals surface area contributed by atoms with Crippen LogP contribution < -0.4 is 0 Å². The van der Waals surface area contributed by atoms with Crippen molar-refractivity contribution in [2.45, 2.75) is 6.42 Å². The molecule has 0 aliphatic heterocycles. The molecule has 136 valence electrons. The number of hydrogen-bond acceptors (Lipinski definition) is 5. The maximum atomic E-state index is 12.0. The van der Waals surface area contributed by atoms with E-state index >= 15 is 0 Å². The van der Waals surface area contributed by atoms with Crippen molar-refractivity contribution < 1.29 is 14.6 Å². The average Bonchev–Trinajstić information content (AvgIpc) is 3.06. The quantitative estimate of drug-likeness (QED) is 0.373. The number of carbonyl (C=O) groups is 1. The zero-order chi connectivity index (χ0) is 19.4. The van der Waals surface area contributed by atoms with Crippen LogP contribution in [0, 0.1) is 11.3 Å². The van der Waals surface area contributed by atoms with Gasteiger partial charge in [0.2, 0.25) is 0 Å². The van der Waals surface area contributed by atoms with Crippen molar-refractivity contribution in [3.8, 4) is 6.07 Å². The number of rotatable bonds is 5. The molecule has 8 heteroatoms. The van der Waals surface area contributed by atoms with Crippen LogP contribution in [0.15, 0.2) is 48.2 Å². The van der Waals surface area contributed by atoms with Crippen molar-refractivity contribution >= 4 is 45.8 Å². The fourth-order valence-electron chi connectivity index (χ4n) is 2.42. The first-order chi connectivity index (χ1) is 13.0. The summed E-state index contributed by atoms with van der Waals surface area (Å²) in [5.41, 5.74) is 1.83. The third-order valence-electron chi connectivity index (χ3n) is 3.75. The summed E-state index contributed by atoms with van der Waals surface area (Å²) in [6, 6.07) is 13.8. The van der Waals surface area contributed by atoms with Gasteiger partial charge in [0, 0.05) is 10.0 Å². The van der Waals surface area contributed by atoms with Gasteiger partial charge < -0.3 is 14.8 Å². The molecule has 0 fully saturated rings. The number of aliphatic hydroxyl groups excluding tert-OH is 1. The Bertz CT molecular complexity index is 1050. The fourth-order valence-corrected chi connectivity index (χ4v) is 2.89. The molecule has 0 atom stereocenters. The minimum Gasteiger partial charge on any atom is -0.507 e. The van der Waals surface area contributed by atoms with Crippen molar-refractivity contribution in [3.05, 3.63) is 69.7 Å². The van der Waals surface area contributed by atoms with E-state index in [4.69, 9.17) is 27.9 Å². The molecular formula is C19H13Cl2N3O3. The minimum atomic E-state index is -0.604. The molecule has 0 bridgehead atoms. The zero-order valence-corrected chi connectivity index (χ0v) is 15.4. The van der Waals surface area contributed by atoms with Crippen LogP contribution in [-0.4, -0.2) is 27.7 Å². The molecule has 0 aliphatic rings. The lowest BCUT2D eigenvalue weighted by atomic mass is 10.1. The number of aromatic nitrogens is 2. The molecule has 0 spiro atoms. The second-order valence-corrected chi connectivity index (χ2v) is 6.45. The number of fused-ring (bicyclic) bond motifs is 1. The Kier molecular flexibility index (Phi) is 5.65. The Morgan fingerprint density at radius 3 is 2.74 bits per heavy atom. The number of nitrogens with one attached hydrogen (secondary N) is 1. The zero-order valence-electron chi connectivity index (χ0n) is 13.9. The maximum Gasteiger partial charge on any atom is 0.310 e. The lowest BCUT2D eigenvalue weighted by molar-refractivity contribution is -0.142. The number of benzene rings is 2. The van der Waals surface area contributed by atoms with Crippen LogP contribution in [0.3, 0.4) is 0 Å². The SMILES string of the molecule is N#C/C(=C(/O)COC(=O)Cc1ccc(Cl)cc1Cl)c1nc2ccccc2[nH]1. The van der Waals surface area contributed by atoms with Crippen LogP contribution in [0.2, 0.25) is 10.0 Å². The molecule has 6 nitrogen and oxygen atoms in total. The number of halogens is 2. The number of para-hydroxylation sites is 2. The number of aromatic amines is 1. The number of ether oxygens (including phenoxy) is 1. The van der Waals surface area contributed by atoms with Gasteiger partial charge in [0.15, 0.2) is 11.6 Å². The molecule has 0 amide bonds. The van der Waals surface area contributed by atoms with E-state index < -0.39 is 18.3 Å². The average molecular weight is 402 g/mol. The van der Waals surface area contributed by atoms with Gasteiger partial charge in [-0.25, -0.2) is 4.98 Å². The van der Waals surface area contributed by atoms with E-state index in [1.807, 2.05) is 18.2 Å². The van der Waals surface area contributed by atoms with Crippen molar-refractivity contribution in [1.82, 2.24) is 9.97 Å². The molecule has 3 aromatic rings. The van der Waals surface area contributed by atoms with Crippen molar-refractivity contribution in [2.24, 2.45) is 0 Å². The first kappa shape index (κ1) is 18.8. The number of hydrogen-bond donors (Lipinski definition) is 2. The van der Waals surface area contributed by atoms with E-state index in [0.29, 0.717) is 21.1 Å². The Balaban J connectivity index is 1.71. The number of carbonyl (C=O) groups excluding carboxylic acids is 1. The molecule has 2 N–H and O–H groups in total. The molecular weight excluding hydrogens is 389 g/mol. The molecule has 0 saturated carbocycles. The van der Waals surface area contributed by atoms with Crippen molar-refractivity contribution in [1.29, 1.82) is 5.26 Å². The first-order valence-corrected chi connectivity index (χ1v) is 8.60. The summed E-state index contributed by atoms with van der Waals surface area (Å²) < 4.78 is 5.04. The van der Waals surface area contributed by atoms with E-state index in [-0.39, 0.29) is 17.8 Å². The third-order valence-corrected chi connectivity index (χ3v) is 4.33. The summed E-state index contributed by atoms with van der Waals surface area (Å²) in [4.78, 5) is 19.2. The largest absolute Gasteiger partial charge is 0.507 e. The Morgan fingerprint density at radius 1 is 1.26 bits per heavy atom. The molecule has 0 unspecified atom stereocenters. The van der Waals surface area contributed by atoms with Gasteiger partial charge in [-0.2, -0.15) is 5.26 Å². The van der Waals surface area contributed by atoms with Crippen LogP contribution in [0.4, 0.5) is 0 Å². The number of allylic oxidation sites excluding steroid dienone is 1. The highest BCUT2D eigenvalue weighted by molar-refractivity contribution is 6.35. The summed E-state index contributed by atoms with van der Waals surface area (Å²) in [5.74, 6) is -0.798. The van der Waals surface area contributed by atoms with Gasteiger partial charge in [-0.05, 0) is 29.8 Å². The lowest BCUT2D eigenvalue weighted by Crippen LogP contribution is -2.11. The molecule has 0 aliphatic carbocycles. The summed E-state index contributed by atoms with van der Waals surface area (Å²) >= 11 is 11.8. The molecule has 0 radical (unpaired) electrons. The smallest absolute Gasteiger partial charge is 0.310 e. The maximum absolute atomic E-state index is 12.0. The van der Waals surface area contributed by atoms with Crippen LogP contribution in [0.5, 0.6) is 0 Å². The number of nitrogens with zero attached hydrogens (tertiary/aromatic N) is 2. The van der Waals surface area contributed by atoms with Crippen molar-refractivity contribution in [2.75, 3.05) is 6.61 Å². The van der Waals surface area contributed by atoms with E-state index in [9.17, 15) is 15.2 Å². The van der Waals surface area contributed by atoms with E-state index in [2.05, 4.69) is 9.97 Å². The molecule has 0 saturated heterocycles. The highest BCUT2D eigenvalue weighted by Gasteiger charge is 2.15. The van der Waals surface area contributed by atoms with Crippen LogP contribution in [0.25, 0.3) is 16.6 Å². The Labute approximate surface area is 164 Å². The first-order valence-electron chi connectivity index (χ1n) is 7.85. The second-order valence-electron chi connectivity index (χ2n) is 5.61. The highest BCUT2D eigenvalue weighted by Crippen LogP contribution is 2.22. The minimum absolute atomic E-state index is 0.0875. The molecule has 1 aromatic heterocycles. The summed E-state index contributed by atoms with van der Waals surface area (Å²) in [6.07, 6.45) is -0.0875.